The molecule has 1 radical (unpaired) electrons. The Labute approximate surface area is 92.8 Å². The minimum Gasteiger partial charge on any atom is -0.463 e. The van der Waals surface area contributed by atoms with E-state index in [4.69, 9.17) is 5.26 Å². The molecule has 0 aliphatic carbocycles. The van der Waals surface area contributed by atoms with Crippen LogP contribution in [0.1, 0.15) is 18.1 Å². The Bertz CT molecular complexity index is 461. The van der Waals surface area contributed by atoms with Crippen LogP contribution in [0.3, 0.4) is 0 Å². The van der Waals surface area contributed by atoms with Crippen LogP contribution in [-0.2, 0) is 9.53 Å². The molecule has 81 valence electrons. The molecule has 0 bridgehead atoms. The van der Waals surface area contributed by atoms with Gasteiger partial charge in [-0.25, -0.2) is 9.18 Å². The van der Waals surface area contributed by atoms with Gasteiger partial charge in [0.05, 0.1) is 18.2 Å². The molecule has 4 heteroatoms. The van der Waals surface area contributed by atoms with Crippen LogP contribution in [0.5, 0.6) is 0 Å². The topological polar surface area (TPSA) is 50.1 Å². The smallest absolute Gasteiger partial charge is 0.330 e. The highest BCUT2D eigenvalue weighted by molar-refractivity contribution is 5.87. The van der Waals surface area contributed by atoms with Crippen LogP contribution in [0.25, 0.3) is 6.08 Å². The second-order valence-electron chi connectivity index (χ2n) is 2.85. The lowest BCUT2D eigenvalue weighted by Gasteiger charge is -1.97. The SMILES string of the molecule is CCOC(=O)/C=C/c1c[c]c(F)cc1C#N. The van der Waals surface area contributed by atoms with Crippen molar-refractivity contribution in [1.82, 2.24) is 0 Å². The van der Waals surface area contributed by atoms with Gasteiger partial charge in [0, 0.05) is 12.1 Å². The van der Waals surface area contributed by atoms with Gasteiger partial charge < -0.3 is 4.74 Å². The summed E-state index contributed by atoms with van der Waals surface area (Å²) in [7, 11) is 0. The number of nitriles is 1. The monoisotopic (exact) mass is 218 g/mol. The number of halogens is 1. The molecular weight excluding hydrogens is 209 g/mol. The summed E-state index contributed by atoms with van der Waals surface area (Å²) < 4.78 is 17.4. The molecule has 0 saturated heterocycles. The van der Waals surface area contributed by atoms with E-state index in [1.54, 1.807) is 6.92 Å². The van der Waals surface area contributed by atoms with E-state index in [1.165, 1.54) is 18.2 Å². The number of hydrogen-bond acceptors (Lipinski definition) is 3. The first-order valence-corrected chi connectivity index (χ1v) is 4.63. The van der Waals surface area contributed by atoms with Gasteiger partial charge in [-0.3, -0.25) is 0 Å². The summed E-state index contributed by atoms with van der Waals surface area (Å²) >= 11 is 0. The summed E-state index contributed by atoms with van der Waals surface area (Å²) in [5, 5.41) is 8.73. The molecular formula is C12H9FNO2. The fourth-order valence-electron chi connectivity index (χ4n) is 1.06. The second-order valence-corrected chi connectivity index (χ2v) is 2.85. The Hall–Kier alpha value is -2.15. The van der Waals surface area contributed by atoms with Crippen LogP contribution < -0.4 is 0 Å². The Balaban J connectivity index is 2.89. The van der Waals surface area contributed by atoms with Gasteiger partial charge in [-0.2, -0.15) is 5.26 Å². The maximum Gasteiger partial charge on any atom is 0.330 e. The van der Waals surface area contributed by atoms with E-state index in [0.29, 0.717) is 5.56 Å². The fraction of sp³-hybridized carbons (Fsp3) is 0.167. The lowest BCUT2D eigenvalue weighted by atomic mass is 10.1. The Kier molecular flexibility index (Phi) is 4.22. The minimum absolute atomic E-state index is 0.150. The molecule has 0 heterocycles. The highest BCUT2D eigenvalue weighted by atomic mass is 19.1. The molecule has 16 heavy (non-hydrogen) atoms. The van der Waals surface area contributed by atoms with Crippen molar-refractivity contribution in [3.63, 3.8) is 0 Å². The number of carbonyl (C=O) groups excluding carboxylic acids is 1. The zero-order valence-electron chi connectivity index (χ0n) is 8.66. The maximum absolute atomic E-state index is 12.7. The van der Waals surface area contributed by atoms with Crippen molar-refractivity contribution < 1.29 is 13.9 Å². The molecule has 1 aromatic carbocycles. The van der Waals surface area contributed by atoms with Crippen LogP contribution in [0.15, 0.2) is 18.2 Å². The molecule has 0 aromatic heterocycles. The van der Waals surface area contributed by atoms with E-state index in [-0.39, 0.29) is 12.2 Å². The van der Waals surface area contributed by atoms with Gasteiger partial charge in [0.25, 0.3) is 0 Å². The van der Waals surface area contributed by atoms with Crippen molar-refractivity contribution in [2.24, 2.45) is 0 Å². The fourth-order valence-corrected chi connectivity index (χ4v) is 1.06. The first-order valence-electron chi connectivity index (χ1n) is 4.63. The third-order valence-electron chi connectivity index (χ3n) is 1.75. The Morgan fingerprint density at radius 2 is 2.50 bits per heavy atom. The molecule has 0 N–H and O–H groups in total. The Morgan fingerprint density at radius 3 is 3.12 bits per heavy atom. The van der Waals surface area contributed by atoms with Gasteiger partial charge in [0.1, 0.15) is 5.82 Å². The van der Waals surface area contributed by atoms with Crippen molar-refractivity contribution >= 4 is 12.0 Å². The van der Waals surface area contributed by atoms with Gasteiger partial charge >= 0.3 is 5.97 Å². The predicted octanol–water partition coefficient (Wildman–Crippen LogP) is 2.07. The molecule has 0 aliphatic rings. The number of hydrogen-bond donors (Lipinski definition) is 0. The summed E-state index contributed by atoms with van der Waals surface area (Å²) in [6.45, 7) is 1.97. The van der Waals surface area contributed by atoms with Gasteiger partial charge in [-0.05, 0) is 30.7 Å². The first kappa shape index (κ1) is 11.9. The molecule has 0 amide bonds. The number of esters is 1. The summed E-state index contributed by atoms with van der Waals surface area (Å²) in [5.74, 6) is -1.11. The quantitative estimate of drug-likeness (QED) is 0.576. The molecule has 0 spiro atoms. The first-order chi connectivity index (χ1) is 7.67. The molecule has 0 fully saturated rings. The summed E-state index contributed by atoms with van der Waals surface area (Å²) in [5.41, 5.74) is 0.578. The van der Waals surface area contributed by atoms with E-state index >= 15 is 0 Å². The number of benzene rings is 1. The third-order valence-corrected chi connectivity index (χ3v) is 1.75. The molecule has 0 aliphatic heterocycles. The van der Waals surface area contributed by atoms with Crippen LogP contribution in [0.4, 0.5) is 4.39 Å². The van der Waals surface area contributed by atoms with Crippen molar-refractivity contribution in [2.45, 2.75) is 6.92 Å². The summed E-state index contributed by atoms with van der Waals surface area (Å²) in [6.07, 6.45) is 2.58. The van der Waals surface area contributed by atoms with Crippen molar-refractivity contribution in [3.05, 3.63) is 41.2 Å². The lowest BCUT2D eigenvalue weighted by molar-refractivity contribution is -0.137. The maximum atomic E-state index is 12.7. The standard InChI is InChI=1S/C12H9FNO2/c1-2-16-12(15)6-4-9-3-5-11(13)7-10(9)8-14/h3-4,6-7H,2H2,1H3/b6-4+. The van der Waals surface area contributed by atoms with E-state index in [2.05, 4.69) is 10.8 Å². The average molecular weight is 218 g/mol. The zero-order chi connectivity index (χ0) is 12.0. The predicted molar refractivity (Wildman–Crippen MR) is 55.6 cm³/mol. The van der Waals surface area contributed by atoms with Crippen molar-refractivity contribution in [1.29, 1.82) is 5.26 Å². The zero-order valence-corrected chi connectivity index (χ0v) is 8.66. The van der Waals surface area contributed by atoms with E-state index in [1.807, 2.05) is 6.07 Å². The van der Waals surface area contributed by atoms with Gasteiger partial charge in [-0.15, -0.1) is 0 Å². The van der Waals surface area contributed by atoms with E-state index < -0.39 is 11.8 Å². The molecule has 3 nitrogen and oxygen atoms in total. The number of ether oxygens (including phenoxy) is 1. The second kappa shape index (κ2) is 5.66. The molecule has 1 rings (SSSR count). The lowest BCUT2D eigenvalue weighted by Crippen LogP contribution is -1.98. The largest absolute Gasteiger partial charge is 0.463 e. The van der Waals surface area contributed by atoms with E-state index in [9.17, 15) is 9.18 Å². The summed E-state index contributed by atoms with van der Waals surface area (Å²) in [6, 6.07) is 6.51. The third kappa shape index (κ3) is 3.21. The van der Waals surface area contributed by atoms with Crippen LogP contribution >= 0.6 is 0 Å². The van der Waals surface area contributed by atoms with Crippen molar-refractivity contribution in [2.75, 3.05) is 6.61 Å². The normalized spacial score (nSPS) is 10.1. The molecule has 0 unspecified atom stereocenters. The molecule has 0 saturated carbocycles. The van der Waals surface area contributed by atoms with Crippen LogP contribution in [-0.4, -0.2) is 12.6 Å². The molecule has 1 aromatic rings. The molecule has 0 atom stereocenters. The number of carbonyl (C=O) groups is 1. The Morgan fingerprint density at radius 1 is 1.75 bits per heavy atom. The number of rotatable bonds is 3. The number of nitrogens with zero attached hydrogens (tertiary/aromatic N) is 1. The minimum atomic E-state index is -0.607. The average Bonchev–Trinajstić information content (AvgIpc) is 2.27. The van der Waals surface area contributed by atoms with Gasteiger partial charge in [-0.1, -0.05) is 0 Å². The van der Waals surface area contributed by atoms with Gasteiger partial charge in [0.2, 0.25) is 0 Å². The van der Waals surface area contributed by atoms with Crippen LogP contribution in [0.2, 0.25) is 0 Å². The highest BCUT2D eigenvalue weighted by Gasteiger charge is 2.02. The highest BCUT2D eigenvalue weighted by Crippen LogP contribution is 2.11. The van der Waals surface area contributed by atoms with Gasteiger partial charge in [0.15, 0.2) is 0 Å². The van der Waals surface area contributed by atoms with Crippen molar-refractivity contribution in [3.8, 4) is 6.07 Å². The van der Waals surface area contributed by atoms with Crippen LogP contribution in [0, 0.1) is 23.2 Å². The summed E-state index contributed by atoms with van der Waals surface area (Å²) in [4.78, 5) is 11.0. The van der Waals surface area contributed by atoms with E-state index in [0.717, 1.165) is 6.07 Å².